The molecule has 7 N–H and O–H groups in total. The second-order valence-corrected chi connectivity index (χ2v) is 9.73. The molecule has 13 heteroatoms. The molecule has 12 nitrogen and oxygen atoms in total. The number of unbranched alkanes of at least 4 members (excludes halogenated alkanes) is 1. The minimum atomic E-state index is -4.04. The normalized spacial score (nSPS) is 22.3. The van der Waals surface area contributed by atoms with E-state index in [2.05, 4.69) is 31.5 Å². The van der Waals surface area contributed by atoms with Crippen molar-refractivity contribution < 1.29 is 28.0 Å². The summed E-state index contributed by atoms with van der Waals surface area (Å²) in [7, 11) is -4.04. The summed E-state index contributed by atoms with van der Waals surface area (Å²) in [6.07, 6.45) is 2.64. The molecule has 2 aliphatic rings. The van der Waals surface area contributed by atoms with Gasteiger partial charge in [0.25, 0.3) is 5.91 Å². The number of carboxylic acid groups (broad SMARTS) is 1. The van der Waals surface area contributed by atoms with Gasteiger partial charge in [0.15, 0.2) is 6.10 Å². The Kier molecular flexibility index (Phi) is 9.55. The van der Waals surface area contributed by atoms with Crippen LogP contribution < -0.4 is 31.5 Å². The molecule has 0 bridgehead atoms. The van der Waals surface area contributed by atoms with Crippen LogP contribution in [0.5, 0.6) is 0 Å². The average Bonchev–Trinajstić information content (AvgIpc) is 3.49. The smallest absolute Gasteiger partial charge is 0.323 e. The molecule has 3 atom stereocenters. The van der Waals surface area contributed by atoms with Crippen molar-refractivity contribution in [2.75, 3.05) is 26.2 Å². The van der Waals surface area contributed by atoms with E-state index in [1.165, 1.54) is 24.3 Å². The number of nitrogens with one attached hydrogen (secondary N) is 6. The van der Waals surface area contributed by atoms with Crippen molar-refractivity contribution in [2.24, 2.45) is 0 Å². The fourth-order valence-electron chi connectivity index (χ4n) is 3.63. The Hall–Kier alpha value is -2.13. The maximum Gasteiger partial charge on any atom is 0.323 e. The highest BCUT2D eigenvalue weighted by Crippen LogP contribution is 2.16. The van der Waals surface area contributed by atoms with Crippen molar-refractivity contribution in [2.45, 2.75) is 55.1 Å². The number of hydrogen-bond acceptors (Lipinski definition) is 9. The highest BCUT2D eigenvalue weighted by atomic mass is 32.2. The molecule has 1 aromatic rings. The van der Waals surface area contributed by atoms with Gasteiger partial charge in [0.2, 0.25) is 10.0 Å². The minimum Gasteiger partial charge on any atom is -0.480 e. The zero-order valence-corrected chi connectivity index (χ0v) is 19.1. The largest absolute Gasteiger partial charge is 0.480 e. The van der Waals surface area contributed by atoms with Crippen LogP contribution in [0.1, 0.15) is 25.7 Å². The van der Waals surface area contributed by atoms with E-state index in [4.69, 9.17) is 4.84 Å². The molecule has 0 spiro atoms. The second-order valence-electron chi connectivity index (χ2n) is 8.02. The molecule has 2 aliphatic heterocycles. The molecule has 2 heterocycles. The predicted octanol–water partition coefficient (Wildman–Crippen LogP) is -1.57. The lowest BCUT2D eigenvalue weighted by Gasteiger charge is -2.17. The molecule has 33 heavy (non-hydrogen) atoms. The molecule has 2 saturated heterocycles. The third-order valence-corrected chi connectivity index (χ3v) is 6.93. The first-order chi connectivity index (χ1) is 15.8. The van der Waals surface area contributed by atoms with Crippen LogP contribution in [0.25, 0.3) is 0 Å². The predicted molar refractivity (Wildman–Crippen MR) is 119 cm³/mol. The van der Waals surface area contributed by atoms with Crippen LogP contribution >= 0.6 is 0 Å². The van der Waals surface area contributed by atoms with E-state index in [1.54, 1.807) is 6.07 Å². The van der Waals surface area contributed by atoms with Crippen LogP contribution in [-0.2, 0) is 24.4 Å². The van der Waals surface area contributed by atoms with E-state index in [1.807, 2.05) is 0 Å². The molecule has 3 unspecified atom stereocenters. The van der Waals surface area contributed by atoms with Crippen molar-refractivity contribution in [3.05, 3.63) is 30.3 Å². The van der Waals surface area contributed by atoms with E-state index in [-0.39, 0.29) is 17.2 Å². The summed E-state index contributed by atoms with van der Waals surface area (Å²) in [5.41, 5.74) is 2.86. The number of benzene rings is 1. The molecule has 0 aromatic heterocycles. The third kappa shape index (κ3) is 7.99. The Morgan fingerprint density at radius 1 is 1.15 bits per heavy atom. The van der Waals surface area contributed by atoms with Gasteiger partial charge in [-0.25, -0.2) is 8.42 Å². The van der Waals surface area contributed by atoms with Crippen LogP contribution in [0.4, 0.5) is 0 Å². The van der Waals surface area contributed by atoms with E-state index in [0.717, 1.165) is 38.9 Å². The van der Waals surface area contributed by atoms with Crippen molar-refractivity contribution in [1.82, 2.24) is 31.5 Å². The first-order valence-corrected chi connectivity index (χ1v) is 12.5. The Morgan fingerprint density at radius 3 is 2.58 bits per heavy atom. The second kappa shape index (κ2) is 12.4. The summed E-state index contributed by atoms with van der Waals surface area (Å²) in [4.78, 5) is 29.2. The van der Waals surface area contributed by atoms with Gasteiger partial charge in [-0.15, -0.1) is 0 Å². The monoisotopic (exact) mass is 484 g/mol. The number of hydrogen-bond donors (Lipinski definition) is 7. The van der Waals surface area contributed by atoms with E-state index in [0.29, 0.717) is 6.42 Å². The molecule has 2 fully saturated rings. The number of amides is 1. The number of aliphatic carboxylic acids is 1. The molecule has 3 rings (SSSR count). The van der Waals surface area contributed by atoms with Crippen molar-refractivity contribution >= 4 is 21.9 Å². The number of carbonyl (C=O) groups excluding carboxylic acids is 1. The lowest BCUT2D eigenvalue weighted by atomic mass is 10.0. The molecule has 184 valence electrons. The zero-order chi connectivity index (χ0) is 23.7. The van der Waals surface area contributed by atoms with Gasteiger partial charge in [-0.05, 0) is 31.5 Å². The molecule has 0 radical (unpaired) electrons. The zero-order valence-electron chi connectivity index (χ0n) is 18.2. The fourth-order valence-corrected chi connectivity index (χ4v) is 4.84. The van der Waals surface area contributed by atoms with Gasteiger partial charge in [-0.1, -0.05) is 24.6 Å². The Morgan fingerprint density at radius 2 is 1.88 bits per heavy atom. The van der Waals surface area contributed by atoms with Crippen molar-refractivity contribution in [3.8, 4) is 0 Å². The summed E-state index contributed by atoms with van der Waals surface area (Å²) < 4.78 is 26.9. The fraction of sp³-hybridized carbons (Fsp3) is 0.600. The van der Waals surface area contributed by atoms with Gasteiger partial charge in [0.1, 0.15) is 12.3 Å². The van der Waals surface area contributed by atoms with Gasteiger partial charge in [0, 0.05) is 32.1 Å². The van der Waals surface area contributed by atoms with Gasteiger partial charge in [-0.2, -0.15) is 10.2 Å². The summed E-state index contributed by atoms with van der Waals surface area (Å²) in [6, 6.07) is 5.95. The maximum absolute atomic E-state index is 12.4. The minimum absolute atomic E-state index is 0.0235. The SMILES string of the molecule is O=C(O)C(CNC(=O)C1CC(CCCCNC2NCCN2)NO1)NS(=O)(=O)c1ccccc1. The van der Waals surface area contributed by atoms with Gasteiger partial charge in [-0.3, -0.25) is 30.4 Å². The highest BCUT2D eigenvalue weighted by molar-refractivity contribution is 7.89. The lowest BCUT2D eigenvalue weighted by Crippen LogP contribution is -2.49. The first kappa shape index (κ1) is 25.5. The third-order valence-electron chi connectivity index (χ3n) is 5.45. The molecule has 1 amide bonds. The molecular formula is C20H32N6O6S. The van der Waals surface area contributed by atoms with Gasteiger partial charge < -0.3 is 10.4 Å². The Bertz CT molecular complexity index is 880. The molecule has 1 aromatic carbocycles. The topological polar surface area (TPSA) is 170 Å². The number of sulfonamides is 1. The standard InChI is InChI=1S/C20H32N6O6S/c27-18(17-12-14(25-32-17)6-4-5-9-21-20-22-10-11-23-20)24-13-16(19(28)29)26-33(30,31)15-7-2-1-3-8-15/h1-3,7-8,14,16-17,20-23,25-26H,4-6,9-13H2,(H,24,27)(H,28,29). The van der Waals surface area contributed by atoms with Crippen LogP contribution in [0.3, 0.4) is 0 Å². The van der Waals surface area contributed by atoms with E-state index < -0.39 is 40.6 Å². The lowest BCUT2D eigenvalue weighted by molar-refractivity contribution is -0.139. The van der Waals surface area contributed by atoms with Crippen LogP contribution in [0, 0.1) is 0 Å². The van der Waals surface area contributed by atoms with Gasteiger partial charge in [0.05, 0.1) is 4.90 Å². The quantitative estimate of drug-likeness (QED) is 0.162. The Balaban J connectivity index is 1.36. The van der Waals surface area contributed by atoms with Crippen molar-refractivity contribution in [3.63, 3.8) is 0 Å². The number of carbonyl (C=O) groups is 2. The van der Waals surface area contributed by atoms with Crippen molar-refractivity contribution in [1.29, 1.82) is 0 Å². The number of hydroxylamine groups is 1. The molecular weight excluding hydrogens is 452 g/mol. The summed E-state index contributed by atoms with van der Waals surface area (Å²) in [6.45, 7) is 2.38. The Labute approximate surface area is 193 Å². The first-order valence-electron chi connectivity index (χ1n) is 11.0. The summed E-state index contributed by atoms with van der Waals surface area (Å²) >= 11 is 0. The average molecular weight is 485 g/mol. The van der Waals surface area contributed by atoms with E-state index >= 15 is 0 Å². The molecule has 0 aliphatic carbocycles. The van der Waals surface area contributed by atoms with Gasteiger partial charge >= 0.3 is 5.97 Å². The molecule has 0 saturated carbocycles. The highest BCUT2D eigenvalue weighted by Gasteiger charge is 2.32. The number of carboxylic acids is 1. The summed E-state index contributed by atoms with van der Waals surface area (Å²) in [5, 5.41) is 21.8. The van der Waals surface area contributed by atoms with Crippen LogP contribution in [-0.4, -0.2) is 76.1 Å². The van der Waals surface area contributed by atoms with Crippen LogP contribution in [0.15, 0.2) is 35.2 Å². The summed E-state index contributed by atoms with van der Waals surface area (Å²) in [5.74, 6) is -1.88. The van der Waals surface area contributed by atoms with E-state index in [9.17, 15) is 23.1 Å². The number of rotatable bonds is 13. The van der Waals surface area contributed by atoms with Crippen LogP contribution in [0.2, 0.25) is 0 Å². The maximum atomic E-state index is 12.4.